The molecular weight excluding hydrogens is 470 g/mol. The second kappa shape index (κ2) is 10.2. The van der Waals surface area contributed by atoms with Crippen LogP contribution in [0.5, 0.6) is 5.75 Å². The molecule has 1 fully saturated rings. The highest BCUT2D eigenvalue weighted by Gasteiger charge is 2.35. The maximum Gasteiger partial charge on any atom is 0.257 e. The highest BCUT2D eigenvalue weighted by atomic mass is 32.1. The molecule has 0 radical (unpaired) electrons. The van der Waals surface area contributed by atoms with E-state index < -0.39 is 23.6 Å². The zero-order chi connectivity index (χ0) is 24.4. The molecule has 3 aromatic rings. The highest BCUT2D eigenvalue weighted by molar-refractivity contribution is 7.10. The zero-order valence-corrected chi connectivity index (χ0v) is 20.0. The van der Waals surface area contributed by atoms with Crippen LogP contribution < -0.4 is 4.74 Å². The van der Waals surface area contributed by atoms with Crippen molar-refractivity contribution in [3.8, 4) is 5.75 Å². The second-order valence-electron chi connectivity index (χ2n) is 9.00. The number of nitrogens with zero attached hydrogens (tertiary/aromatic N) is 2. The molecule has 2 heterocycles. The predicted octanol–water partition coefficient (Wildman–Crippen LogP) is 5.08. The number of ether oxygens (including phenoxy) is 1. The lowest BCUT2D eigenvalue weighted by Gasteiger charge is -2.37. The van der Waals surface area contributed by atoms with Crippen LogP contribution in [0, 0.1) is 17.6 Å². The summed E-state index contributed by atoms with van der Waals surface area (Å²) in [6.45, 7) is 0.856. The third kappa shape index (κ3) is 5.22. The number of halogens is 2. The van der Waals surface area contributed by atoms with Crippen molar-refractivity contribution in [3.05, 3.63) is 87.6 Å². The van der Waals surface area contributed by atoms with Crippen molar-refractivity contribution >= 4 is 23.2 Å². The average Bonchev–Trinajstić information content (AvgIpc) is 3.55. The lowest BCUT2D eigenvalue weighted by atomic mass is 10.00. The van der Waals surface area contributed by atoms with E-state index in [1.807, 2.05) is 11.4 Å². The summed E-state index contributed by atoms with van der Waals surface area (Å²) in [5, 5.41) is 1.98. The summed E-state index contributed by atoms with van der Waals surface area (Å²) in [7, 11) is 0. The van der Waals surface area contributed by atoms with Gasteiger partial charge in [-0.1, -0.05) is 24.3 Å². The molecule has 1 atom stereocenters. The van der Waals surface area contributed by atoms with E-state index in [0.29, 0.717) is 25.4 Å². The molecule has 2 amide bonds. The van der Waals surface area contributed by atoms with Crippen molar-refractivity contribution in [2.75, 3.05) is 26.2 Å². The smallest absolute Gasteiger partial charge is 0.257 e. The molecule has 1 aliphatic heterocycles. The number of hydrogen-bond donors (Lipinski definition) is 0. The molecule has 5 rings (SSSR count). The van der Waals surface area contributed by atoms with E-state index in [9.17, 15) is 18.4 Å². The van der Waals surface area contributed by atoms with Gasteiger partial charge in [-0.3, -0.25) is 9.59 Å². The quantitative estimate of drug-likeness (QED) is 0.437. The fraction of sp³-hybridized carbons (Fsp3) is 0.333. The first-order chi connectivity index (χ1) is 17.0. The lowest BCUT2D eigenvalue weighted by Crippen LogP contribution is -2.48. The van der Waals surface area contributed by atoms with E-state index in [2.05, 4.69) is 0 Å². The molecule has 0 saturated heterocycles. The number of benzene rings is 2. The van der Waals surface area contributed by atoms with Gasteiger partial charge in [0.1, 0.15) is 19.0 Å². The number of fused-ring (bicyclic) bond motifs is 1. The molecule has 0 N–H and O–H groups in total. The van der Waals surface area contributed by atoms with Crippen molar-refractivity contribution in [2.45, 2.75) is 25.3 Å². The Balaban J connectivity index is 1.36. The van der Waals surface area contributed by atoms with Gasteiger partial charge < -0.3 is 14.5 Å². The van der Waals surface area contributed by atoms with E-state index >= 15 is 0 Å². The third-order valence-corrected chi connectivity index (χ3v) is 7.54. The number of para-hydroxylation sites is 1. The van der Waals surface area contributed by atoms with Gasteiger partial charge in [-0.2, -0.15) is 0 Å². The summed E-state index contributed by atoms with van der Waals surface area (Å²) in [6.07, 6.45) is 2.70. The van der Waals surface area contributed by atoms with E-state index in [-0.39, 0.29) is 30.4 Å². The van der Waals surface area contributed by atoms with Crippen molar-refractivity contribution in [2.24, 2.45) is 5.92 Å². The van der Waals surface area contributed by atoms with Crippen LogP contribution in [0.1, 0.15) is 39.7 Å². The highest BCUT2D eigenvalue weighted by Crippen LogP contribution is 2.35. The van der Waals surface area contributed by atoms with E-state index in [1.165, 1.54) is 34.0 Å². The molecule has 1 aliphatic carbocycles. The molecule has 0 unspecified atom stereocenters. The third-order valence-electron chi connectivity index (χ3n) is 6.54. The predicted molar refractivity (Wildman–Crippen MR) is 129 cm³/mol. The van der Waals surface area contributed by atoms with Crippen LogP contribution in [0.25, 0.3) is 0 Å². The number of carbonyl (C=O) groups is 2. The second-order valence-corrected chi connectivity index (χ2v) is 10.0. The van der Waals surface area contributed by atoms with Crippen molar-refractivity contribution in [3.63, 3.8) is 0 Å². The first kappa shape index (κ1) is 23.5. The largest absolute Gasteiger partial charge is 0.488 e. The number of amides is 2. The van der Waals surface area contributed by atoms with Gasteiger partial charge in [0.15, 0.2) is 11.6 Å². The number of rotatable bonds is 8. The monoisotopic (exact) mass is 496 g/mol. The van der Waals surface area contributed by atoms with Crippen LogP contribution in [0.4, 0.5) is 8.78 Å². The van der Waals surface area contributed by atoms with Gasteiger partial charge in [-0.05, 0) is 66.5 Å². The molecule has 182 valence electrons. The molecule has 0 bridgehead atoms. The summed E-state index contributed by atoms with van der Waals surface area (Å²) < 4.78 is 34.3. The van der Waals surface area contributed by atoms with Crippen LogP contribution >= 0.6 is 11.3 Å². The molecule has 2 aromatic carbocycles. The standard InChI is InChI=1S/C27H26F2N2O3S/c28-21-6-2-1-5-19(21)27(33)30(15-18-9-10-18)16-26(32)31-13-11-25-20(12-14-35-25)23(31)17-34-24-8-4-3-7-22(24)29/h1-8,12,14,18,23H,9-11,13,15-17H2/t23-/m0/s1. The number of carbonyl (C=O) groups excluding carboxylic acids is 2. The summed E-state index contributed by atoms with van der Waals surface area (Å²) in [6, 6.07) is 13.6. The molecule has 1 aromatic heterocycles. The number of thiophene rings is 1. The van der Waals surface area contributed by atoms with Crippen LogP contribution in [0.15, 0.2) is 60.0 Å². The molecule has 8 heteroatoms. The first-order valence-electron chi connectivity index (χ1n) is 11.8. The van der Waals surface area contributed by atoms with Gasteiger partial charge in [0.25, 0.3) is 5.91 Å². The topological polar surface area (TPSA) is 49.9 Å². The Labute approximate surface area is 206 Å². The fourth-order valence-electron chi connectivity index (χ4n) is 4.50. The van der Waals surface area contributed by atoms with Gasteiger partial charge in [-0.15, -0.1) is 11.3 Å². The lowest BCUT2D eigenvalue weighted by molar-refractivity contribution is -0.135. The first-order valence-corrected chi connectivity index (χ1v) is 12.7. The van der Waals surface area contributed by atoms with Crippen LogP contribution in [-0.4, -0.2) is 47.9 Å². The Morgan fingerprint density at radius 3 is 2.51 bits per heavy atom. The Bertz CT molecular complexity index is 1230. The van der Waals surface area contributed by atoms with Gasteiger partial charge in [0.05, 0.1) is 11.6 Å². The minimum absolute atomic E-state index is 0.0286. The van der Waals surface area contributed by atoms with Crippen LogP contribution in [-0.2, 0) is 11.2 Å². The molecule has 5 nitrogen and oxygen atoms in total. The molecule has 35 heavy (non-hydrogen) atoms. The van der Waals surface area contributed by atoms with E-state index in [4.69, 9.17) is 4.74 Å². The minimum atomic E-state index is -0.595. The van der Waals surface area contributed by atoms with Crippen molar-refractivity contribution in [1.82, 2.24) is 9.80 Å². The normalized spacial score (nSPS) is 17.1. The molecule has 0 spiro atoms. The maximum absolute atomic E-state index is 14.3. The van der Waals surface area contributed by atoms with Gasteiger partial charge in [0.2, 0.25) is 5.91 Å². The Kier molecular flexibility index (Phi) is 6.81. The van der Waals surface area contributed by atoms with Crippen LogP contribution in [0.2, 0.25) is 0 Å². The van der Waals surface area contributed by atoms with Crippen molar-refractivity contribution in [1.29, 1.82) is 0 Å². The Morgan fingerprint density at radius 1 is 1.03 bits per heavy atom. The summed E-state index contributed by atoms with van der Waals surface area (Å²) >= 11 is 1.63. The van der Waals surface area contributed by atoms with Gasteiger partial charge in [-0.25, -0.2) is 8.78 Å². The van der Waals surface area contributed by atoms with Crippen LogP contribution in [0.3, 0.4) is 0 Å². The summed E-state index contributed by atoms with van der Waals surface area (Å²) in [4.78, 5) is 31.1. The SMILES string of the molecule is O=C(c1ccccc1F)N(CC(=O)N1CCc2sccc2[C@@H]1COc1ccccc1F)CC1CC1. The molecule has 2 aliphatic rings. The summed E-state index contributed by atoms with van der Waals surface area (Å²) in [5.74, 6) is -1.29. The summed E-state index contributed by atoms with van der Waals surface area (Å²) in [5.41, 5.74) is 0.958. The number of hydrogen-bond acceptors (Lipinski definition) is 4. The Hall–Kier alpha value is -3.26. The van der Waals surface area contributed by atoms with E-state index in [1.54, 1.807) is 40.5 Å². The zero-order valence-electron chi connectivity index (χ0n) is 19.2. The maximum atomic E-state index is 14.3. The Morgan fingerprint density at radius 2 is 1.77 bits per heavy atom. The fourth-order valence-corrected chi connectivity index (χ4v) is 5.42. The average molecular weight is 497 g/mol. The minimum Gasteiger partial charge on any atom is -0.488 e. The van der Waals surface area contributed by atoms with Gasteiger partial charge >= 0.3 is 0 Å². The van der Waals surface area contributed by atoms with E-state index in [0.717, 1.165) is 18.4 Å². The molecule has 1 saturated carbocycles. The van der Waals surface area contributed by atoms with Crippen molar-refractivity contribution < 1.29 is 23.1 Å². The van der Waals surface area contributed by atoms with Gasteiger partial charge in [0, 0.05) is 18.0 Å². The molecular formula is C27H26F2N2O3S.